The van der Waals surface area contributed by atoms with E-state index in [0.717, 1.165) is 37.9 Å². The van der Waals surface area contributed by atoms with E-state index in [1.54, 1.807) is 6.07 Å². The minimum absolute atomic E-state index is 0.0969. The number of ether oxygens (including phenoxy) is 1. The van der Waals surface area contributed by atoms with Crippen LogP contribution in [0.1, 0.15) is 93.2 Å². The molecule has 232 valence electrons. The van der Waals surface area contributed by atoms with Crippen molar-refractivity contribution in [3.05, 3.63) is 59.2 Å². The molecule has 0 radical (unpaired) electrons. The number of hydrogen-bond donors (Lipinski definition) is 2. The molecule has 0 bridgehead atoms. The summed E-state index contributed by atoms with van der Waals surface area (Å²) in [5.74, 6) is 2.11. The number of benzene rings is 2. The molecule has 2 fully saturated rings. The van der Waals surface area contributed by atoms with Crippen LogP contribution in [-0.4, -0.2) is 49.0 Å². The van der Waals surface area contributed by atoms with Gasteiger partial charge in [-0.1, -0.05) is 25.1 Å². The van der Waals surface area contributed by atoms with Crippen LogP contribution >= 0.6 is 0 Å². The molecule has 0 spiro atoms. The first-order valence-electron chi connectivity index (χ1n) is 15.4. The normalized spacial score (nSPS) is 29.0. The zero-order chi connectivity index (χ0) is 30.1. The number of phenolic OH excluding ortho intramolecular Hbond substituents is 1. The Balaban J connectivity index is 1.18. The van der Waals surface area contributed by atoms with Gasteiger partial charge in [-0.15, -0.1) is 0 Å². The van der Waals surface area contributed by atoms with Gasteiger partial charge in [-0.3, -0.25) is 0 Å². The van der Waals surface area contributed by atoms with Crippen LogP contribution in [0.15, 0.2) is 42.5 Å². The smallest absolute Gasteiger partial charge is 0.389 e. The Labute approximate surface area is 247 Å². The summed E-state index contributed by atoms with van der Waals surface area (Å²) in [4.78, 5) is 0. The van der Waals surface area contributed by atoms with Gasteiger partial charge in [0, 0.05) is 6.42 Å². The number of aliphatic hydroxyl groups excluding tert-OH is 1. The van der Waals surface area contributed by atoms with E-state index >= 15 is 0 Å². The lowest BCUT2D eigenvalue weighted by Crippen LogP contribution is -2.47. The van der Waals surface area contributed by atoms with Crippen molar-refractivity contribution in [3.8, 4) is 11.5 Å². The van der Waals surface area contributed by atoms with Gasteiger partial charge in [0.15, 0.2) is 0 Å². The van der Waals surface area contributed by atoms with Gasteiger partial charge in [0.1, 0.15) is 21.3 Å². The zero-order valence-electron chi connectivity index (χ0n) is 24.3. The van der Waals surface area contributed by atoms with Crippen LogP contribution in [-0.2, 0) is 16.3 Å². The molecule has 2 aromatic rings. The number of rotatable bonds is 11. The second kappa shape index (κ2) is 12.4. The highest BCUT2D eigenvalue weighted by atomic mass is 32.2. The number of aliphatic hydroxyl groups is 1. The molecule has 3 aliphatic rings. The van der Waals surface area contributed by atoms with Crippen LogP contribution in [0.3, 0.4) is 0 Å². The van der Waals surface area contributed by atoms with Crippen LogP contribution < -0.4 is 4.74 Å². The fourth-order valence-corrected chi connectivity index (χ4v) is 9.62. The molecule has 3 aliphatic carbocycles. The lowest BCUT2D eigenvalue weighted by molar-refractivity contribution is -0.134. The van der Waals surface area contributed by atoms with Crippen LogP contribution in [0.4, 0.5) is 13.2 Å². The number of aryl methyl sites for hydroxylation is 1. The molecule has 0 aromatic heterocycles. The Hall–Kier alpha value is -2.26. The van der Waals surface area contributed by atoms with Gasteiger partial charge in [-0.2, -0.15) is 13.2 Å². The fourth-order valence-electron chi connectivity index (χ4n) is 8.19. The highest BCUT2D eigenvalue weighted by Crippen LogP contribution is 2.65. The Morgan fingerprint density at radius 3 is 2.45 bits per heavy atom. The largest absolute Gasteiger partial charge is 0.508 e. The van der Waals surface area contributed by atoms with Crippen LogP contribution in [0.5, 0.6) is 11.5 Å². The Morgan fingerprint density at radius 1 is 0.976 bits per heavy atom. The van der Waals surface area contributed by atoms with E-state index in [1.807, 2.05) is 18.2 Å². The molecular formula is C33H43F3O5S. The molecule has 5 nitrogen and oxygen atoms in total. The summed E-state index contributed by atoms with van der Waals surface area (Å²) in [7, 11) is -3.47. The highest BCUT2D eigenvalue weighted by molar-refractivity contribution is 7.91. The third kappa shape index (κ3) is 6.93. The van der Waals surface area contributed by atoms with Crippen molar-refractivity contribution in [2.45, 2.75) is 95.2 Å². The summed E-state index contributed by atoms with van der Waals surface area (Å²) < 4.78 is 66.7. The summed E-state index contributed by atoms with van der Waals surface area (Å²) in [6.07, 6.45) is 0.492. The van der Waals surface area contributed by atoms with E-state index in [9.17, 15) is 31.8 Å². The van der Waals surface area contributed by atoms with E-state index < -0.39 is 28.2 Å². The third-order valence-corrected chi connectivity index (χ3v) is 12.1. The summed E-state index contributed by atoms with van der Waals surface area (Å²) in [5.41, 5.74) is 3.69. The molecule has 0 aliphatic heterocycles. The lowest BCUT2D eigenvalue weighted by Gasteiger charge is -2.54. The molecule has 0 unspecified atom stereocenters. The second-order valence-corrected chi connectivity index (χ2v) is 15.3. The number of unbranched alkanes of at least 4 members (excludes halogenated alkanes) is 2. The molecule has 9 heteroatoms. The van der Waals surface area contributed by atoms with Gasteiger partial charge >= 0.3 is 6.18 Å². The van der Waals surface area contributed by atoms with Crippen molar-refractivity contribution in [2.24, 2.45) is 17.3 Å². The molecular weight excluding hydrogens is 565 g/mol. The van der Waals surface area contributed by atoms with Gasteiger partial charge in [-0.25, -0.2) is 8.42 Å². The Bertz CT molecular complexity index is 1330. The molecule has 42 heavy (non-hydrogen) atoms. The molecule has 0 amide bonds. The van der Waals surface area contributed by atoms with Gasteiger partial charge in [0.2, 0.25) is 0 Å². The maximum absolute atomic E-state index is 12.3. The summed E-state index contributed by atoms with van der Waals surface area (Å²) in [6, 6.07) is 14.0. The zero-order valence-corrected chi connectivity index (χ0v) is 25.1. The third-order valence-electron chi connectivity index (χ3n) is 10.3. The molecule has 0 saturated heterocycles. The maximum atomic E-state index is 12.3. The average Bonchev–Trinajstić information content (AvgIpc) is 3.23. The molecule has 2 N–H and O–H groups in total. The van der Waals surface area contributed by atoms with Crippen molar-refractivity contribution in [3.63, 3.8) is 0 Å². The first kappa shape index (κ1) is 31.2. The Morgan fingerprint density at radius 2 is 1.71 bits per heavy atom. The van der Waals surface area contributed by atoms with Gasteiger partial charge in [-0.05, 0) is 128 Å². The van der Waals surface area contributed by atoms with E-state index in [-0.39, 0.29) is 29.6 Å². The topological polar surface area (TPSA) is 83.8 Å². The highest BCUT2D eigenvalue weighted by Gasteiger charge is 2.57. The summed E-state index contributed by atoms with van der Waals surface area (Å²) in [6.45, 7) is 2.71. The molecule has 6 atom stereocenters. The van der Waals surface area contributed by atoms with Crippen LogP contribution in [0.2, 0.25) is 0 Å². The standard InChI is InChI=1S/C33H43F3O5S/c1-32-21-28(31-26-13-9-24(37)20-23(26)8-12-27(31)29(32)14-15-30(32)38)22-6-10-25(11-7-22)41-17-3-2-4-18-42(39,40)19-5-16-33(34,35)36/h6-7,9-11,13,20,27-31,37-38H,2-5,8,12,14-19,21H2,1H3/t27-,28+,29-,30-,31+,32-/m0/s1. The van der Waals surface area contributed by atoms with E-state index in [1.165, 1.54) is 16.7 Å². The van der Waals surface area contributed by atoms with Gasteiger partial charge in [0.05, 0.1) is 24.2 Å². The van der Waals surface area contributed by atoms with E-state index in [2.05, 4.69) is 25.1 Å². The maximum Gasteiger partial charge on any atom is 0.389 e. The number of fused-ring (bicyclic) bond motifs is 5. The van der Waals surface area contributed by atoms with Crippen LogP contribution in [0, 0.1) is 17.3 Å². The summed E-state index contributed by atoms with van der Waals surface area (Å²) >= 11 is 0. The number of phenols is 1. The van der Waals surface area contributed by atoms with Crippen LogP contribution in [0.25, 0.3) is 0 Å². The van der Waals surface area contributed by atoms with E-state index in [0.29, 0.717) is 49.4 Å². The predicted molar refractivity (Wildman–Crippen MR) is 157 cm³/mol. The van der Waals surface area contributed by atoms with Gasteiger partial charge < -0.3 is 14.9 Å². The van der Waals surface area contributed by atoms with Gasteiger partial charge in [0.25, 0.3) is 0 Å². The number of alkyl halides is 3. The lowest BCUT2D eigenvalue weighted by atomic mass is 9.51. The first-order chi connectivity index (χ1) is 19.9. The van der Waals surface area contributed by atoms with Crippen molar-refractivity contribution in [1.29, 1.82) is 0 Å². The summed E-state index contributed by atoms with van der Waals surface area (Å²) in [5, 5.41) is 21.2. The minimum Gasteiger partial charge on any atom is -0.508 e. The molecule has 0 heterocycles. The predicted octanol–water partition coefficient (Wildman–Crippen LogP) is 7.31. The molecule has 2 aromatic carbocycles. The monoisotopic (exact) mass is 608 g/mol. The number of hydrogen-bond acceptors (Lipinski definition) is 5. The quantitative estimate of drug-likeness (QED) is 0.262. The minimum atomic E-state index is -4.32. The second-order valence-electron chi connectivity index (χ2n) is 13.0. The first-order valence-corrected chi connectivity index (χ1v) is 17.2. The van der Waals surface area contributed by atoms with Crippen molar-refractivity contribution < 1.29 is 36.5 Å². The van der Waals surface area contributed by atoms with E-state index in [4.69, 9.17) is 4.74 Å². The number of sulfone groups is 1. The molecule has 5 rings (SSSR count). The fraction of sp³-hybridized carbons (Fsp3) is 0.636. The number of aromatic hydroxyl groups is 1. The average molecular weight is 609 g/mol. The van der Waals surface area contributed by atoms with Crippen molar-refractivity contribution >= 4 is 9.84 Å². The number of halogens is 3. The Kier molecular flexibility index (Phi) is 9.19. The van der Waals surface area contributed by atoms with Crippen molar-refractivity contribution in [2.75, 3.05) is 18.1 Å². The van der Waals surface area contributed by atoms with Crippen molar-refractivity contribution in [1.82, 2.24) is 0 Å². The molecule has 2 saturated carbocycles. The SMILES string of the molecule is C[C@]12C[C@H](c3ccc(OCCCCCS(=O)(=O)CCCC(F)(F)F)cc3)[C@@H]3c4ccc(O)cc4CC[C@H]3[C@@H]1CC[C@@H]2O.